The van der Waals surface area contributed by atoms with Crippen LogP contribution >= 0.6 is 0 Å². The molecule has 0 bridgehead atoms. The van der Waals surface area contributed by atoms with E-state index >= 15 is 0 Å². The standard InChI is InChI=1S/C12H19N3O2/c1-3-17-9-8-15(2)12(16)10-6-4-5-7-11(10)14-13/h4-7,14H,3,8-9,13H2,1-2H3. The molecule has 1 amide bonds. The molecule has 0 unspecified atom stereocenters. The monoisotopic (exact) mass is 237 g/mol. The zero-order chi connectivity index (χ0) is 12.7. The number of ether oxygens (including phenoxy) is 1. The number of carbonyl (C=O) groups is 1. The van der Waals surface area contributed by atoms with Crippen LogP contribution in [-0.2, 0) is 4.74 Å². The SMILES string of the molecule is CCOCCN(C)C(=O)c1ccccc1NN. The van der Waals surface area contributed by atoms with Crippen molar-refractivity contribution in [3.8, 4) is 0 Å². The second-order valence-electron chi connectivity index (χ2n) is 3.61. The van der Waals surface area contributed by atoms with E-state index in [9.17, 15) is 4.79 Å². The van der Waals surface area contributed by atoms with Crippen molar-refractivity contribution in [2.24, 2.45) is 5.84 Å². The number of amides is 1. The van der Waals surface area contributed by atoms with Crippen molar-refractivity contribution < 1.29 is 9.53 Å². The Balaban J connectivity index is 2.67. The smallest absolute Gasteiger partial charge is 0.255 e. The van der Waals surface area contributed by atoms with Crippen molar-refractivity contribution in [2.45, 2.75) is 6.92 Å². The molecular formula is C12H19N3O2. The number of nitrogen functional groups attached to an aromatic ring is 1. The Labute approximate surface area is 102 Å². The highest BCUT2D eigenvalue weighted by Crippen LogP contribution is 2.15. The fourth-order valence-electron chi connectivity index (χ4n) is 1.45. The van der Waals surface area contributed by atoms with Crippen LogP contribution in [0.2, 0.25) is 0 Å². The third kappa shape index (κ3) is 3.72. The number of hydrazine groups is 1. The minimum absolute atomic E-state index is 0.0711. The summed E-state index contributed by atoms with van der Waals surface area (Å²) in [6.07, 6.45) is 0. The van der Waals surface area contributed by atoms with Crippen molar-refractivity contribution in [2.75, 3.05) is 32.2 Å². The molecule has 3 N–H and O–H groups in total. The Morgan fingerprint density at radius 3 is 2.82 bits per heavy atom. The van der Waals surface area contributed by atoms with Crippen LogP contribution in [0.1, 0.15) is 17.3 Å². The van der Waals surface area contributed by atoms with Gasteiger partial charge in [0.05, 0.1) is 17.9 Å². The van der Waals surface area contributed by atoms with E-state index in [-0.39, 0.29) is 5.91 Å². The molecule has 1 rings (SSSR count). The number of nitrogens with zero attached hydrogens (tertiary/aromatic N) is 1. The molecule has 0 saturated heterocycles. The molecule has 0 radical (unpaired) electrons. The summed E-state index contributed by atoms with van der Waals surface area (Å²) in [5.41, 5.74) is 3.71. The Morgan fingerprint density at radius 1 is 1.47 bits per heavy atom. The second-order valence-corrected chi connectivity index (χ2v) is 3.61. The Morgan fingerprint density at radius 2 is 2.18 bits per heavy atom. The fraction of sp³-hybridized carbons (Fsp3) is 0.417. The fourth-order valence-corrected chi connectivity index (χ4v) is 1.45. The number of anilines is 1. The molecule has 94 valence electrons. The molecule has 0 fully saturated rings. The molecule has 1 aromatic rings. The van der Waals surface area contributed by atoms with Crippen molar-refractivity contribution in [1.82, 2.24) is 4.90 Å². The number of likely N-dealkylation sites (N-methyl/N-ethyl adjacent to an activating group) is 1. The van der Waals surface area contributed by atoms with E-state index < -0.39 is 0 Å². The van der Waals surface area contributed by atoms with Crippen LogP contribution in [0, 0.1) is 0 Å². The van der Waals surface area contributed by atoms with E-state index in [2.05, 4.69) is 5.43 Å². The van der Waals surface area contributed by atoms with Gasteiger partial charge < -0.3 is 15.1 Å². The van der Waals surface area contributed by atoms with E-state index in [1.807, 2.05) is 19.1 Å². The first-order valence-electron chi connectivity index (χ1n) is 5.59. The summed E-state index contributed by atoms with van der Waals surface area (Å²) < 4.78 is 5.21. The van der Waals surface area contributed by atoms with Crippen molar-refractivity contribution >= 4 is 11.6 Å². The van der Waals surface area contributed by atoms with E-state index in [1.54, 1.807) is 24.1 Å². The van der Waals surface area contributed by atoms with Gasteiger partial charge in [-0.1, -0.05) is 12.1 Å². The largest absolute Gasteiger partial charge is 0.380 e. The molecule has 1 aromatic carbocycles. The van der Waals surface area contributed by atoms with E-state index in [4.69, 9.17) is 10.6 Å². The van der Waals surface area contributed by atoms with Gasteiger partial charge >= 0.3 is 0 Å². The maximum atomic E-state index is 12.1. The van der Waals surface area contributed by atoms with Crippen molar-refractivity contribution in [1.29, 1.82) is 0 Å². The molecule has 0 saturated carbocycles. The molecule has 0 atom stereocenters. The number of benzene rings is 1. The van der Waals surface area contributed by atoms with Crippen LogP contribution < -0.4 is 11.3 Å². The third-order valence-electron chi connectivity index (χ3n) is 2.43. The highest BCUT2D eigenvalue weighted by atomic mass is 16.5. The summed E-state index contributed by atoms with van der Waals surface area (Å²) >= 11 is 0. The number of nitrogens with one attached hydrogen (secondary N) is 1. The first-order chi connectivity index (χ1) is 8.20. The van der Waals surface area contributed by atoms with Gasteiger partial charge in [0.25, 0.3) is 5.91 Å². The maximum absolute atomic E-state index is 12.1. The summed E-state index contributed by atoms with van der Waals surface area (Å²) in [5.74, 6) is 5.29. The summed E-state index contributed by atoms with van der Waals surface area (Å²) in [5, 5.41) is 0. The van der Waals surface area contributed by atoms with Crippen LogP contribution in [0.3, 0.4) is 0 Å². The minimum atomic E-state index is -0.0711. The summed E-state index contributed by atoms with van der Waals surface area (Å²) in [6, 6.07) is 7.15. The van der Waals surface area contributed by atoms with Crippen molar-refractivity contribution in [3.05, 3.63) is 29.8 Å². The molecule has 0 aliphatic heterocycles. The van der Waals surface area contributed by atoms with Crippen LogP contribution in [0.15, 0.2) is 24.3 Å². The maximum Gasteiger partial charge on any atom is 0.255 e. The summed E-state index contributed by atoms with van der Waals surface area (Å²) in [6.45, 7) is 3.68. The Bertz CT molecular complexity index is 369. The molecule has 5 heteroatoms. The molecule has 0 aliphatic rings. The second kappa shape index (κ2) is 6.88. The highest BCUT2D eigenvalue weighted by molar-refractivity contribution is 5.99. The van der Waals surface area contributed by atoms with Gasteiger partial charge in [0.15, 0.2) is 0 Å². The first kappa shape index (κ1) is 13.5. The zero-order valence-corrected chi connectivity index (χ0v) is 10.3. The zero-order valence-electron chi connectivity index (χ0n) is 10.3. The quantitative estimate of drug-likeness (QED) is 0.441. The number of hydrogen-bond donors (Lipinski definition) is 2. The first-order valence-corrected chi connectivity index (χ1v) is 5.59. The van der Waals surface area contributed by atoms with E-state index in [1.165, 1.54) is 0 Å². The third-order valence-corrected chi connectivity index (χ3v) is 2.43. The molecule has 0 heterocycles. The molecule has 0 spiro atoms. The Hall–Kier alpha value is -1.59. The lowest BCUT2D eigenvalue weighted by Gasteiger charge is -2.18. The minimum Gasteiger partial charge on any atom is -0.380 e. The number of nitrogens with two attached hydrogens (primary N) is 1. The van der Waals surface area contributed by atoms with Gasteiger partial charge in [-0.3, -0.25) is 10.6 Å². The summed E-state index contributed by atoms with van der Waals surface area (Å²) in [4.78, 5) is 13.7. The van der Waals surface area contributed by atoms with Crippen LogP contribution in [0.4, 0.5) is 5.69 Å². The van der Waals surface area contributed by atoms with Gasteiger partial charge in [-0.05, 0) is 19.1 Å². The van der Waals surface area contributed by atoms with Gasteiger partial charge in [-0.15, -0.1) is 0 Å². The lowest BCUT2D eigenvalue weighted by Crippen LogP contribution is -2.31. The average Bonchev–Trinajstić information content (AvgIpc) is 2.38. The normalized spacial score (nSPS) is 10.1. The van der Waals surface area contributed by atoms with Gasteiger partial charge in [-0.2, -0.15) is 0 Å². The van der Waals surface area contributed by atoms with Gasteiger partial charge in [0, 0.05) is 20.2 Å². The highest BCUT2D eigenvalue weighted by Gasteiger charge is 2.14. The molecule has 17 heavy (non-hydrogen) atoms. The predicted molar refractivity (Wildman–Crippen MR) is 67.7 cm³/mol. The predicted octanol–water partition coefficient (Wildman–Crippen LogP) is 1.08. The van der Waals surface area contributed by atoms with Crippen LogP contribution in [0.25, 0.3) is 0 Å². The lowest BCUT2D eigenvalue weighted by atomic mass is 10.1. The average molecular weight is 237 g/mol. The number of para-hydroxylation sites is 1. The molecule has 0 aliphatic carbocycles. The Kier molecular flexibility index (Phi) is 5.45. The lowest BCUT2D eigenvalue weighted by molar-refractivity contribution is 0.0711. The van der Waals surface area contributed by atoms with Gasteiger partial charge in [-0.25, -0.2) is 0 Å². The summed E-state index contributed by atoms with van der Waals surface area (Å²) in [7, 11) is 1.74. The van der Waals surface area contributed by atoms with Crippen LogP contribution in [0.5, 0.6) is 0 Å². The van der Waals surface area contributed by atoms with Crippen molar-refractivity contribution in [3.63, 3.8) is 0 Å². The molecular weight excluding hydrogens is 218 g/mol. The van der Waals surface area contributed by atoms with Crippen LogP contribution in [-0.4, -0.2) is 37.6 Å². The van der Waals surface area contributed by atoms with Gasteiger partial charge in [0.1, 0.15) is 0 Å². The van der Waals surface area contributed by atoms with Gasteiger partial charge in [0.2, 0.25) is 0 Å². The molecule has 5 nitrogen and oxygen atoms in total. The number of carbonyl (C=O) groups excluding carboxylic acids is 1. The topological polar surface area (TPSA) is 67.6 Å². The number of hydrogen-bond acceptors (Lipinski definition) is 4. The molecule has 0 aromatic heterocycles. The number of rotatable bonds is 6. The van der Waals surface area contributed by atoms with E-state index in [0.29, 0.717) is 31.0 Å². The van der Waals surface area contributed by atoms with E-state index in [0.717, 1.165) is 0 Å².